The molecule has 0 saturated heterocycles. The van der Waals surface area contributed by atoms with Crippen molar-refractivity contribution >= 4 is 23.4 Å². The van der Waals surface area contributed by atoms with Crippen LogP contribution in [-0.4, -0.2) is 43.0 Å². The van der Waals surface area contributed by atoms with E-state index in [9.17, 15) is 4.79 Å². The summed E-state index contributed by atoms with van der Waals surface area (Å²) in [6, 6.07) is 13.1. The van der Waals surface area contributed by atoms with Gasteiger partial charge in [-0.25, -0.2) is 4.98 Å². The van der Waals surface area contributed by atoms with Crippen LogP contribution in [0.3, 0.4) is 0 Å². The number of thioether (sulfide) groups is 1. The molecule has 1 aromatic heterocycles. The molecule has 0 spiro atoms. The number of nitrogens with zero attached hydrogens (tertiary/aromatic N) is 2. The van der Waals surface area contributed by atoms with Gasteiger partial charge in [-0.05, 0) is 30.5 Å². The van der Waals surface area contributed by atoms with E-state index in [1.54, 1.807) is 29.0 Å². The van der Waals surface area contributed by atoms with Crippen molar-refractivity contribution in [3.63, 3.8) is 0 Å². The molecule has 7 nitrogen and oxygen atoms in total. The van der Waals surface area contributed by atoms with Crippen molar-refractivity contribution in [3.05, 3.63) is 48.2 Å². The van der Waals surface area contributed by atoms with Crippen molar-refractivity contribution in [2.24, 2.45) is 0 Å². The van der Waals surface area contributed by atoms with E-state index in [1.807, 2.05) is 24.5 Å². The molecule has 154 valence electrons. The van der Waals surface area contributed by atoms with Crippen molar-refractivity contribution in [3.8, 4) is 41.0 Å². The van der Waals surface area contributed by atoms with E-state index in [-0.39, 0.29) is 5.91 Å². The maximum absolute atomic E-state index is 12.8. The molecule has 3 rings (SSSR count). The molecule has 1 heterocycles. The van der Waals surface area contributed by atoms with E-state index in [4.69, 9.17) is 20.6 Å². The normalized spacial score (nSPS) is 10.2. The SMILES string of the molecule is C#Cn1cc(-c2cccc(NC(=O)c3cc(OC)c(OC)c(OC)c3)c2)nc1SC. The summed E-state index contributed by atoms with van der Waals surface area (Å²) in [6.07, 6.45) is 9.21. The van der Waals surface area contributed by atoms with Crippen LogP contribution in [0.15, 0.2) is 47.8 Å². The molecular weight excluding hydrogens is 402 g/mol. The van der Waals surface area contributed by atoms with E-state index in [0.717, 1.165) is 16.4 Å². The topological polar surface area (TPSA) is 74.6 Å². The second-order valence-corrected chi connectivity index (χ2v) is 6.83. The number of hydrogen-bond donors (Lipinski definition) is 1. The summed E-state index contributed by atoms with van der Waals surface area (Å²) in [7, 11) is 4.51. The predicted octanol–water partition coefficient (Wildman–Crippen LogP) is 3.99. The first-order valence-electron chi connectivity index (χ1n) is 8.86. The molecule has 0 bridgehead atoms. The fourth-order valence-electron chi connectivity index (χ4n) is 2.91. The van der Waals surface area contributed by atoms with E-state index in [2.05, 4.69) is 16.3 Å². The highest BCUT2D eigenvalue weighted by atomic mass is 32.2. The van der Waals surface area contributed by atoms with Gasteiger partial charge in [0.25, 0.3) is 5.91 Å². The molecule has 8 heteroatoms. The number of methoxy groups -OCH3 is 3. The standard InChI is InChI=1S/C22H21N3O4S/c1-6-25-13-17(24-22(25)30-5)14-8-7-9-16(10-14)23-21(26)15-11-18(27-2)20(29-4)19(12-15)28-3/h1,7-13H,2-5H3,(H,23,26). The number of terminal acetylenes is 1. The highest BCUT2D eigenvalue weighted by Crippen LogP contribution is 2.38. The average molecular weight is 423 g/mol. The Morgan fingerprint density at radius 2 is 1.83 bits per heavy atom. The number of ether oxygens (including phenoxy) is 3. The van der Waals surface area contributed by atoms with Crippen molar-refractivity contribution in [2.75, 3.05) is 32.9 Å². The maximum atomic E-state index is 12.8. The third kappa shape index (κ3) is 4.21. The summed E-state index contributed by atoms with van der Waals surface area (Å²) in [5.41, 5.74) is 2.55. The summed E-state index contributed by atoms with van der Waals surface area (Å²) >= 11 is 1.46. The number of aromatic nitrogens is 2. The highest BCUT2D eigenvalue weighted by molar-refractivity contribution is 7.98. The quantitative estimate of drug-likeness (QED) is 0.458. The Morgan fingerprint density at radius 1 is 1.13 bits per heavy atom. The second kappa shape index (κ2) is 9.29. The number of hydrogen-bond acceptors (Lipinski definition) is 6. The monoisotopic (exact) mass is 423 g/mol. The fourth-order valence-corrected chi connectivity index (χ4v) is 3.40. The van der Waals surface area contributed by atoms with Crippen LogP contribution in [0.5, 0.6) is 17.2 Å². The molecule has 1 N–H and O–H groups in total. The van der Waals surface area contributed by atoms with Crippen LogP contribution in [0.25, 0.3) is 11.3 Å². The minimum absolute atomic E-state index is 0.314. The van der Waals surface area contributed by atoms with Gasteiger partial charge in [-0.3, -0.25) is 9.36 Å². The van der Waals surface area contributed by atoms with Gasteiger partial charge >= 0.3 is 0 Å². The first kappa shape index (κ1) is 21.1. The lowest BCUT2D eigenvalue weighted by molar-refractivity contribution is 0.102. The van der Waals surface area contributed by atoms with Crippen LogP contribution in [-0.2, 0) is 0 Å². The minimum atomic E-state index is -0.314. The zero-order chi connectivity index (χ0) is 21.7. The molecule has 0 fully saturated rings. The van der Waals surface area contributed by atoms with Crippen LogP contribution in [0.4, 0.5) is 5.69 Å². The van der Waals surface area contributed by atoms with Gasteiger partial charge in [0.1, 0.15) is 0 Å². The smallest absolute Gasteiger partial charge is 0.255 e. The third-order valence-electron chi connectivity index (χ3n) is 4.34. The number of carbonyl (C=O) groups is 1. The Labute approximate surface area is 179 Å². The minimum Gasteiger partial charge on any atom is -0.493 e. The molecule has 30 heavy (non-hydrogen) atoms. The van der Waals surface area contributed by atoms with Crippen LogP contribution in [0.2, 0.25) is 0 Å². The number of amides is 1. The van der Waals surface area contributed by atoms with Gasteiger partial charge in [0.05, 0.1) is 27.0 Å². The molecule has 0 aliphatic rings. The number of nitrogens with one attached hydrogen (secondary N) is 1. The Kier molecular flexibility index (Phi) is 6.54. The van der Waals surface area contributed by atoms with Crippen molar-refractivity contribution in [1.82, 2.24) is 9.55 Å². The van der Waals surface area contributed by atoms with Gasteiger partial charge in [0.15, 0.2) is 16.7 Å². The highest BCUT2D eigenvalue weighted by Gasteiger charge is 2.17. The number of imidazole rings is 1. The third-order valence-corrected chi connectivity index (χ3v) is 4.99. The van der Waals surface area contributed by atoms with E-state index >= 15 is 0 Å². The molecule has 2 aromatic carbocycles. The van der Waals surface area contributed by atoms with E-state index < -0.39 is 0 Å². The second-order valence-electron chi connectivity index (χ2n) is 6.06. The lowest BCUT2D eigenvalue weighted by atomic mass is 10.1. The summed E-state index contributed by atoms with van der Waals surface area (Å²) in [5.74, 6) is 0.915. The van der Waals surface area contributed by atoms with Crippen LogP contribution in [0, 0.1) is 12.5 Å². The van der Waals surface area contributed by atoms with Gasteiger partial charge in [0.2, 0.25) is 5.75 Å². The number of rotatable bonds is 7. The molecule has 0 saturated carbocycles. The van der Waals surface area contributed by atoms with Gasteiger partial charge in [-0.15, -0.1) is 0 Å². The largest absolute Gasteiger partial charge is 0.493 e. The molecule has 0 unspecified atom stereocenters. The number of anilines is 1. The molecule has 0 aliphatic heterocycles. The maximum Gasteiger partial charge on any atom is 0.255 e. The lowest BCUT2D eigenvalue weighted by Gasteiger charge is -2.14. The number of carbonyl (C=O) groups excluding carboxylic acids is 1. The predicted molar refractivity (Wildman–Crippen MR) is 118 cm³/mol. The molecule has 0 atom stereocenters. The Hall–Kier alpha value is -3.57. The summed E-state index contributed by atoms with van der Waals surface area (Å²) in [5, 5.41) is 3.61. The molecule has 1 amide bonds. The zero-order valence-corrected chi connectivity index (χ0v) is 17.9. The van der Waals surface area contributed by atoms with Gasteiger partial charge in [0, 0.05) is 29.1 Å². The first-order chi connectivity index (χ1) is 14.5. The Morgan fingerprint density at radius 3 is 2.37 bits per heavy atom. The molecule has 0 radical (unpaired) electrons. The van der Waals surface area contributed by atoms with Gasteiger partial charge in [-0.2, -0.15) is 0 Å². The van der Waals surface area contributed by atoms with Gasteiger partial charge in [-0.1, -0.05) is 30.3 Å². The lowest BCUT2D eigenvalue weighted by Crippen LogP contribution is -2.12. The molecule has 0 aliphatic carbocycles. The first-order valence-corrected chi connectivity index (χ1v) is 10.1. The fraction of sp³-hybridized carbons (Fsp3) is 0.182. The zero-order valence-electron chi connectivity index (χ0n) is 17.1. The summed E-state index contributed by atoms with van der Waals surface area (Å²) in [4.78, 5) is 17.4. The summed E-state index contributed by atoms with van der Waals surface area (Å²) in [6.45, 7) is 0. The summed E-state index contributed by atoms with van der Waals surface area (Å²) < 4.78 is 17.6. The van der Waals surface area contributed by atoms with Crippen LogP contribution < -0.4 is 19.5 Å². The van der Waals surface area contributed by atoms with Crippen molar-refractivity contribution in [1.29, 1.82) is 0 Å². The van der Waals surface area contributed by atoms with Crippen LogP contribution in [0.1, 0.15) is 10.4 Å². The van der Waals surface area contributed by atoms with Gasteiger partial charge < -0.3 is 19.5 Å². The molecule has 3 aromatic rings. The van der Waals surface area contributed by atoms with Crippen molar-refractivity contribution in [2.45, 2.75) is 5.16 Å². The number of benzene rings is 2. The van der Waals surface area contributed by atoms with Crippen LogP contribution >= 0.6 is 11.8 Å². The Bertz CT molecular complexity index is 1090. The average Bonchev–Trinajstić information content (AvgIpc) is 3.21. The van der Waals surface area contributed by atoms with Crippen molar-refractivity contribution < 1.29 is 19.0 Å². The van der Waals surface area contributed by atoms with E-state index in [1.165, 1.54) is 33.1 Å². The van der Waals surface area contributed by atoms with E-state index in [0.29, 0.717) is 28.5 Å². The Balaban J connectivity index is 1.89. The molecular formula is C22H21N3O4S.